The lowest BCUT2D eigenvalue weighted by Gasteiger charge is -2.14. The number of amides is 1. The van der Waals surface area contributed by atoms with E-state index in [1.165, 1.54) is 11.8 Å². The van der Waals surface area contributed by atoms with Crippen LogP contribution in [0.2, 0.25) is 0 Å². The molecular weight excluding hydrogens is 492 g/mol. The summed E-state index contributed by atoms with van der Waals surface area (Å²) in [7, 11) is 1.62. The minimum atomic E-state index is -0.0779. The fourth-order valence-corrected chi connectivity index (χ4v) is 4.64. The summed E-state index contributed by atoms with van der Waals surface area (Å²) in [6.07, 6.45) is 3.52. The number of amidine groups is 1. The van der Waals surface area contributed by atoms with Gasteiger partial charge >= 0.3 is 0 Å². The first-order valence-corrected chi connectivity index (χ1v) is 11.8. The minimum absolute atomic E-state index is 0.0779. The van der Waals surface area contributed by atoms with Crippen molar-refractivity contribution in [2.45, 2.75) is 13.8 Å². The monoisotopic (exact) mass is 516 g/mol. The summed E-state index contributed by atoms with van der Waals surface area (Å²) in [5.74, 6) is 1.89. The van der Waals surface area contributed by atoms with E-state index in [0.29, 0.717) is 41.3 Å². The van der Waals surface area contributed by atoms with Crippen molar-refractivity contribution in [3.05, 3.63) is 64.0 Å². The molecule has 0 N–H and O–H groups in total. The molecular formula is C24H25BrN2O4S. The van der Waals surface area contributed by atoms with E-state index < -0.39 is 0 Å². The van der Waals surface area contributed by atoms with E-state index in [0.717, 1.165) is 21.5 Å². The Kier molecular flexibility index (Phi) is 8.41. The van der Waals surface area contributed by atoms with Crippen LogP contribution in [0.3, 0.4) is 0 Å². The number of thioether (sulfide) groups is 1. The molecule has 0 spiro atoms. The molecule has 1 aliphatic heterocycles. The summed E-state index contributed by atoms with van der Waals surface area (Å²) >= 11 is 4.90. The molecule has 2 aromatic carbocycles. The number of ether oxygens (including phenoxy) is 3. The van der Waals surface area contributed by atoms with Gasteiger partial charge in [-0.25, -0.2) is 4.99 Å². The average Bonchev–Trinajstić information content (AvgIpc) is 3.07. The molecule has 2 aromatic rings. The van der Waals surface area contributed by atoms with Gasteiger partial charge in [0.05, 0.1) is 28.8 Å². The van der Waals surface area contributed by atoms with Crippen LogP contribution in [0.4, 0.5) is 5.69 Å². The van der Waals surface area contributed by atoms with Gasteiger partial charge in [0.2, 0.25) is 0 Å². The Labute approximate surface area is 201 Å². The van der Waals surface area contributed by atoms with Gasteiger partial charge in [-0.1, -0.05) is 12.7 Å². The smallest absolute Gasteiger partial charge is 0.266 e. The molecule has 1 fully saturated rings. The van der Waals surface area contributed by atoms with Crippen molar-refractivity contribution in [2.75, 3.05) is 26.9 Å². The van der Waals surface area contributed by atoms with Crippen LogP contribution in [0, 0.1) is 0 Å². The first-order chi connectivity index (χ1) is 15.5. The Balaban J connectivity index is 1.93. The number of rotatable bonds is 9. The molecule has 0 radical (unpaired) electrons. The Hall–Kier alpha value is -2.71. The maximum atomic E-state index is 13.0. The Bertz CT molecular complexity index is 1050. The number of carbonyl (C=O) groups excluding carboxylic acids is 1. The predicted molar refractivity (Wildman–Crippen MR) is 134 cm³/mol. The fourth-order valence-electron chi connectivity index (χ4n) is 3.01. The molecule has 0 atom stereocenters. The van der Waals surface area contributed by atoms with Gasteiger partial charge in [0.1, 0.15) is 12.4 Å². The number of hydrogen-bond acceptors (Lipinski definition) is 6. The fraction of sp³-hybridized carbons (Fsp3) is 0.250. The maximum absolute atomic E-state index is 13.0. The van der Waals surface area contributed by atoms with E-state index >= 15 is 0 Å². The van der Waals surface area contributed by atoms with Crippen molar-refractivity contribution in [1.82, 2.24) is 4.90 Å². The van der Waals surface area contributed by atoms with Gasteiger partial charge in [0, 0.05) is 6.54 Å². The maximum Gasteiger partial charge on any atom is 0.266 e. The summed E-state index contributed by atoms with van der Waals surface area (Å²) in [5.41, 5.74) is 1.58. The Morgan fingerprint density at radius 3 is 2.56 bits per heavy atom. The molecule has 1 saturated heterocycles. The van der Waals surface area contributed by atoms with Crippen LogP contribution in [0.5, 0.6) is 17.2 Å². The quantitative estimate of drug-likeness (QED) is 0.300. The van der Waals surface area contributed by atoms with Gasteiger partial charge in [0.15, 0.2) is 16.7 Å². The molecule has 8 heteroatoms. The van der Waals surface area contributed by atoms with Gasteiger partial charge in [-0.05, 0) is 89.6 Å². The van der Waals surface area contributed by atoms with Crippen LogP contribution in [0.1, 0.15) is 19.4 Å². The second-order valence-electron chi connectivity index (χ2n) is 6.62. The van der Waals surface area contributed by atoms with E-state index in [2.05, 4.69) is 27.5 Å². The van der Waals surface area contributed by atoms with E-state index in [-0.39, 0.29) is 5.91 Å². The topological polar surface area (TPSA) is 60.4 Å². The molecule has 0 unspecified atom stereocenters. The number of hydrogen-bond donors (Lipinski definition) is 0. The van der Waals surface area contributed by atoms with E-state index in [4.69, 9.17) is 14.2 Å². The third-order valence-corrected chi connectivity index (χ3v) is 6.07. The molecule has 0 aliphatic carbocycles. The van der Waals surface area contributed by atoms with Crippen molar-refractivity contribution in [3.63, 3.8) is 0 Å². The van der Waals surface area contributed by atoms with Crippen LogP contribution in [0.25, 0.3) is 6.08 Å². The highest BCUT2D eigenvalue weighted by molar-refractivity contribution is 9.10. The predicted octanol–water partition coefficient (Wildman–Crippen LogP) is 6.05. The molecule has 0 saturated carbocycles. The van der Waals surface area contributed by atoms with Crippen LogP contribution < -0.4 is 14.2 Å². The number of benzene rings is 2. The highest BCUT2D eigenvalue weighted by atomic mass is 79.9. The normalized spacial score (nSPS) is 16.0. The molecule has 0 aromatic heterocycles. The summed E-state index contributed by atoms with van der Waals surface area (Å²) < 4.78 is 17.4. The molecule has 3 rings (SSSR count). The highest BCUT2D eigenvalue weighted by Gasteiger charge is 2.32. The number of halogens is 1. The SMILES string of the molecule is C=CCOc1c(Br)cc(/C=C2/SC(=Nc3ccc(OC)cc3)N(CC)C2=O)cc1OCC. The number of nitrogens with zero attached hydrogens (tertiary/aromatic N) is 2. The zero-order valence-corrected chi connectivity index (χ0v) is 20.7. The molecule has 32 heavy (non-hydrogen) atoms. The van der Waals surface area contributed by atoms with Crippen molar-refractivity contribution in [3.8, 4) is 17.2 Å². The van der Waals surface area contributed by atoms with Gasteiger partial charge in [-0.15, -0.1) is 0 Å². The van der Waals surface area contributed by atoms with E-state index in [9.17, 15) is 4.79 Å². The van der Waals surface area contributed by atoms with Crippen molar-refractivity contribution >= 4 is 50.5 Å². The summed E-state index contributed by atoms with van der Waals surface area (Å²) in [4.78, 5) is 19.9. The third-order valence-electron chi connectivity index (χ3n) is 4.48. The third kappa shape index (κ3) is 5.55. The number of aliphatic imine (C=N–C) groups is 1. The van der Waals surface area contributed by atoms with Crippen molar-refractivity contribution < 1.29 is 19.0 Å². The number of methoxy groups -OCH3 is 1. The second-order valence-corrected chi connectivity index (χ2v) is 8.48. The van der Waals surface area contributed by atoms with Crippen LogP contribution in [-0.2, 0) is 4.79 Å². The molecule has 0 bridgehead atoms. The second kappa shape index (κ2) is 11.2. The van der Waals surface area contributed by atoms with E-state index in [1.807, 2.05) is 56.3 Å². The molecule has 6 nitrogen and oxygen atoms in total. The van der Waals surface area contributed by atoms with Gasteiger partial charge < -0.3 is 14.2 Å². The van der Waals surface area contributed by atoms with Gasteiger partial charge in [-0.3, -0.25) is 9.69 Å². The minimum Gasteiger partial charge on any atom is -0.497 e. The lowest BCUT2D eigenvalue weighted by molar-refractivity contribution is -0.122. The molecule has 1 heterocycles. The van der Waals surface area contributed by atoms with E-state index in [1.54, 1.807) is 18.1 Å². The van der Waals surface area contributed by atoms with Crippen LogP contribution in [0.15, 0.2) is 63.4 Å². The lowest BCUT2D eigenvalue weighted by atomic mass is 10.2. The average molecular weight is 517 g/mol. The first kappa shape index (κ1) is 23.9. The summed E-state index contributed by atoms with van der Waals surface area (Å²) in [5, 5.41) is 0.643. The zero-order valence-electron chi connectivity index (χ0n) is 18.3. The van der Waals surface area contributed by atoms with Gasteiger partial charge in [-0.2, -0.15) is 0 Å². The van der Waals surface area contributed by atoms with Crippen LogP contribution >= 0.6 is 27.7 Å². The van der Waals surface area contributed by atoms with Crippen LogP contribution in [-0.4, -0.2) is 42.8 Å². The van der Waals surface area contributed by atoms with Crippen molar-refractivity contribution in [2.24, 2.45) is 4.99 Å². The number of likely N-dealkylation sites (N-methyl/N-ethyl adjacent to an activating group) is 1. The van der Waals surface area contributed by atoms with Gasteiger partial charge in [0.25, 0.3) is 5.91 Å². The molecule has 168 valence electrons. The first-order valence-electron chi connectivity index (χ1n) is 10.1. The Morgan fingerprint density at radius 1 is 1.19 bits per heavy atom. The molecule has 1 amide bonds. The van der Waals surface area contributed by atoms with Crippen molar-refractivity contribution in [1.29, 1.82) is 0 Å². The zero-order chi connectivity index (χ0) is 23.1. The lowest BCUT2D eigenvalue weighted by Crippen LogP contribution is -2.28. The standard InChI is InChI=1S/C24H25BrN2O4S/c1-5-12-31-22-19(25)13-16(14-20(22)30-7-3)15-21-23(28)27(6-2)24(32-21)26-17-8-10-18(29-4)11-9-17/h5,8-11,13-15H,1,6-7,12H2,2-4H3/b21-15+,26-24?. The summed E-state index contributed by atoms with van der Waals surface area (Å²) in [6, 6.07) is 11.2. The highest BCUT2D eigenvalue weighted by Crippen LogP contribution is 2.39. The largest absolute Gasteiger partial charge is 0.497 e. The summed E-state index contributed by atoms with van der Waals surface area (Å²) in [6.45, 7) is 8.91. The number of carbonyl (C=O) groups is 1. The Morgan fingerprint density at radius 2 is 1.94 bits per heavy atom. The molecule has 1 aliphatic rings.